The Labute approximate surface area is 260 Å². The number of cyclic esters (lactones) is 1. The second-order valence-corrected chi connectivity index (χ2v) is 12.8. The van der Waals surface area contributed by atoms with Gasteiger partial charge in [0.15, 0.2) is 11.6 Å². The number of fused-ring (bicyclic) bond motifs is 9. The third-order valence-corrected chi connectivity index (χ3v) is 10.0. The van der Waals surface area contributed by atoms with E-state index in [4.69, 9.17) is 28.4 Å². The molecule has 5 aliphatic rings. The summed E-state index contributed by atoms with van der Waals surface area (Å²) in [6.07, 6.45) is 2.64. The first-order valence-electron chi connectivity index (χ1n) is 15.0. The van der Waals surface area contributed by atoms with E-state index in [9.17, 15) is 14.4 Å². The Morgan fingerprint density at radius 2 is 1.53 bits per heavy atom. The summed E-state index contributed by atoms with van der Waals surface area (Å²) >= 11 is 0. The quantitative estimate of drug-likeness (QED) is 0.222. The van der Waals surface area contributed by atoms with E-state index in [-0.39, 0.29) is 28.3 Å². The Morgan fingerprint density at radius 1 is 0.800 bits per heavy atom. The summed E-state index contributed by atoms with van der Waals surface area (Å²) in [5, 5.41) is 0. The molecule has 2 heterocycles. The van der Waals surface area contributed by atoms with Gasteiger partial charge in [-0.25, -0.2) is 4.79 Å². The van der Waals surface area contributed by atoms with Crippen molar-refractivity contribution in [2.75, 3.05) is 21.3 Å². The van der Waals surface area contributed by atoms with E-state index in [0.29, 0.717) is 45.9 Å². The average molecular weight is 609 g/mol. The SMILES string of the molecule is COc1cccc2c1C(=O)c1c(OC)cc3c(c1C2=O)[C@@H]1C=CC2OC(C)(C)O[C@H]2[C@@]1([C@H]1OC(=O)c2c(OC)cc(C)cc21)C3. The van der Waals surface area contributed by atoms with Gasteiger partial charge in [-0.05, 0) is 62.1 Å². The largest absolute Gasteiger partial charge is 0.496 e. The fourth-order valence-electron chi connectivity index (χ4n) is 8.46. The fourth-order valence-corrected chi connectivity index (χ4v) is 8.46. The number of benzene rings is 3. The van der Waals surface area contributed by atoms with Gasteiger partial charge in [0.1, 0.15) is 41.1 Å². The van der Waals surface area contributed by atoms with Crippen LogP contribution in [-0.4, -0.2) is 56.9 Å². The van der Waals surface area contributed by atoms with E-state index in [0.717, 1.165) is 11.1 Å². The number of rotatable bonds is 4. The summed E-state index contributed by atoms with van der Waals surface area (Å²) in [7, 11) is 4.50. The first kappa shape index (κ1) is 28.0. The lowest BCUT2D eigenvalue weighted by Crippen LogP contribution is -2.50. The molecule has 1 saturated heterocycles. The number of hydrogen-bond acceptors (Lipinski definition) is 9. The van der Waals surface area contributed by atoms with Crippen molar-refractivity contribution in [1.82, 2.24) is 0 Å². The molecule has 9 nitrogen and oxygen atoms in total. The third kappa shape index (κ3) is 3.53. The van der Waals surface area contributed by atoms with Crippen molar-refractivity contribution < 1.29 is 42.8 Å². The Bertz CT molecular complexity index is 1900. The standard InChI is InChI=1S/C36H32O9/c1-16-12-19-27(23(13-16)41-5)34(39)43-32(19)36-15-17-14-24(42-6)28-29(30(37)18-8-7-9-21(40-4)26(18)31(28)38)25(17)20(36)10-11-22-33(36)45-35(2,3)44-22/h7-14,20,22,32-33H,15H2,1-6H3/t20-,22?,32-,33+,36-/m0/s1. The molecule has 3 aromatic rings. The molecule has 45 heavy (non-hydrogen) atoms. The van der Waals surface area contributed by atoms with Crippen molar-refractivity contribution >= 4 is 17.5 Å². The van der Waals surface area contributed by atoms with Gasteiger partial charge in [-0.2, -0.15) is 0 Å². The van der Waals surface area contributed by atoms with Gasteiger partial charge in [0.25, 0.3) is 0 Å². The number of carbonyl (C=O) groups is 3. The number of methoxy groups -OCH3 is 3. The molecule has 0 N–H and O–H groups in total. The van der Waals surface area contributed by atoms with Crippen LogP contribution in [0.5, 0.6) is 17.2 Å². The summed E-state index contributed by atoms with van der Waals surface area (Å²) in [5.41, 5.74) is 3.61. The highest BCUT2D eigenvalue weighted by atomic mass is 16.8. The van der Waals surface area contributed by atoms with Crippen LogP contribution in [0.4, 0.5) is 0 Å². The maximum atomic E-state index is 14.5. The lowest BCUT2D eigenvalue weighted by atomic mass is 9.61. The molecule has 8 rings (SSSR count). The maximum Gasteiger partial charge on any atom is 0.342 e. The molecule has 0 amide bonds. The Hall–Kier alpha value is -4.47. The zero-order valence-electron chi connectivity index (χ0n) is 25.8. The summed E-state index contributed by atoms with van der Waals surface area (Å²) < 4.78 is 36.3. The van der Waals surface area contributed by atoms with Gasteiger partial charge in [-0.3, -0.25) is 9.59 Å². The molecule has 0 aromatic heterocycles. The van der Waals surface area contributed by atoms with Gasteiger partial charge in [-0.1, -0.05) is 30.4 Å². The Balaban J connectivity index is 1.40. The van der Waals surface area contributed by atoms with Crippen LogP contribution in [-0.2, 0) is 20.6 Å². The van der Waals surface area contributed by atoms with Gasteiger partial charge < -0.3 is 28.4 Å². The van der Waals surface area contributed by atoms with Crippen molar-refractivity contribution in [3.8, 4) is 17.2 Å². The van der Waals surface area contributed by atoms with E-state index < -0.39 is 41.4 Å². The highest BCUT2D eigenvalue weighted by Gasteiger charge is 2.67. The lowest BCUT2D eigenvalue weighted by Gasteiger charge is -2.46. The van der Waals surface area contributed by atoms with Crippen LogP contribution in [0.25, 0.3) is 0 Å². The molecular formula is C36H32O9. The van der Waals surface area contributed by atoms with E-state index >= 15 is 0 Å². The Kier molecular flexibility index (Phi) is 5.78. The molecule has 3 aliphatic carbocycles. The molecule has 1 fully saturated rings. The van der Waals surface area contributed by atoms with Crippen molar-refractivity contribution in [3.63, 3.8) is 0 Å². The van der Waals surface area contributed by atoms with Crippen LogP contribution in [0.15, 0.2) is 48.6 Å². The molecule has 0 saturated carbocycles. The zero-order chi connectivity index (χ0) is 31.6. The van der Waals surface area contributed by atoms with E-state index in [1.807, 2.05) is 51.1 Å². The minimum Gasteiger partial charge on any atom is -0.496 e. The normalized spacial score (nSPS) is 28.0. The highest BCUT2D eigenvalue weighted by molar-refractivity contribution is 6.31. The molecule has 1 unspecified atom stereocenters. The molecule has 0 spiro atoms. The van der Waals surface area contributed by atoms with E-state index in [1.165, 1.54) is 21.3 Å². The Morgan fingerprint density at radius 3 is 2.27 bits per heavy atom. The average Bonchev–Trinajstić information content (AvgIpc) is 3.65. The number of hydrogen-bond donors (Lipinski definition) is 0. The fraction of sp³-hybridized carbons (Fsp3) is 0.361. The van der Waals surface area contributed by atoms with Gasteiger partial charge >= 0.3 is 5.97 Å². The van der Waals surface area contributed by atoms with Crippen LogP contribution in [0, 0.1) is 12.3 Å². The third-order valence-electron chi connectivity index (χ3n) is 10.0. The number of aryl methyl sites for hydroxylation is 1. The number of allylic oxidation sites excluding steroid dienone is 1. The monoisotopic (exact) mass is 608 g/mol. The topological polar surface area (TPSA) is 107 Å². The number of ether oxygens (including phenoxy) is 6. The van der Waals surface area contributed by atoms with Crippen LogP contribution in [0.2, 0.25) is 0 Å². The maximum absolute atomic E-state index is 14.5. The molecule has 5 atom stereocenters. The summed E-state index contributed by atoms with van der Waals surface area (Å²) in [4.78, 5) is 42.3. The van der Waals surface area contributed by atoms with E-state index in [2.05, 4.69) is 0 Å². The minimum atomic E-state index is -0.923. The molecule has 0 bridgehead atoms. The first-order chi connectivity index (χ1) is 21.5. The summed E-state index contributed by atoms with van der Waals surface area (Å²) in [5.74, 6) is -1.42. The molecule has 9 heteroatoms. The molecule has 0 radical (unpaired) electrons. The predicted octanol–water partition coefficient (Wildman–Crippen LogP) is 5.42. The second-order valence-electron chi connectivity index (χ2n) is 12.8. The molecular weight excluding hydrogens is 576 g/mol. The molecule has 2 aliphatic heterocycles. The second kappa shape index (κ2) is 9.28. The van der Waals surface area contributed by atoms with Crippen LogP contribution >= 0.6 is 0 Å². The predicted molar refractivity (Wildman–Crippen MR) is 161 cm³/mol. The lowest BCUT2D eigenvalue weighted by molar-refractivity contribution is -0.168. The van der Waals surface area contributed by atoms with Gasteiger partial charge in [0.2, 0.25) is 5.78 Å². The van der Waals surface area contributed by atoms with Crippen molar-refractivity contribution in [3.05, 3.63) is 98.6 Å². The number of ketones is 2. The van der Waals surface area contributed by atoms with Gasteiger partial charge in [-0.15, -0.1) is 0 Å². The number of esters is 1. The smallest absolute Gasteiger partial charge is 0.342 e. The zero-order valence-corrected chi connectivity index (χ0v) is 25.8. The van der Waals surface area contributed by atoms with Crippen molar-refractivity contribution in [1.29, 1.82) is 0 Å². The number of carbonyl (C=O) groups excluding carboxylic acids is 3. The van der Waals surface area contributed by atoms with E-state index in [1.54, 1.807) is 18.2 Å². The van der Waals surface area contributed by atoms with Crippen molar-refractivity contribution in [2.24, 2.45) is 5.41 Å². The van der Waals surface area contributed by atoms with Crippen molar-refractivity contribution in [2.45, 2.75) is 57.2 Å². The molecule has 230 valence electrons. The minimum absolute atomic E-state index is 0.204. The molecule has 3 aromatic carbocycles. The summed E-state index contributed by atoms with van der Waals surface area (Å²) in [6, 6.07) is 10.7. The van der Waals surface area contributed by atoms with Crippen LogP contribution < -0.4 is 14.2 Å². The van der Waals surface area contributed by atoms with Gasteiger partial charge in [0.05, 0.1) is 37.9 Å². The first-order valence-corrected chi connectivity index (χ1v) is 15.0. The highest BCUT2D eigenvalue weighted by Crippen LogP contribution is 2.66. The van der Waals surface area contributed by atoms with Crippen LogP contribution in [0.3, 0.4) is 0 Å². The summed E-state index contributed by atoms with van der Waals surface area (Å²) in [6.45, 7) is 5.67. The van der Waals surface area contributed by atoms with Gasteiger partial charge in [0, 0.05) is 22.6 Å². The van der Waals surface area contributed by atoms with Crippen LogP contribution in [0.1, 0.15) is 90.3 Å².